The second kappa shape index (κ2) is 5.83. The second-order valence-electron chi connectivity index (χ2n) is 5.51. The van der Waals surface area contributed by atoms with E-state index < -0.39 is 31.1 Å². The van der Waals surface area contributed by atoms with Crippen molar-refractivity contribution >= 4 is 22.6 Å². The Morgan fingerprint density at radius 2 is 2.08 bits per heavy atom. The molecule has 4 rings (SSSR count). The van der Waals surface area contributed by atoms with Crippen LogP contribution in [0.4, 0.5) is 0 Å². The topological polar surface area (TPSA) is 114 Å². The maximum atomic E-state index is 10.2. The smallest absolute Gasteiger partial charge is 0.164 e. The summed E-state index contributed by atoms with van der Waals surface area (Å²) < 4.78 is 12.4. The van der Waals surface area contributed by atoms with E-state index in [0.717, 1.165) is 0 Å². The van der Waals surface area contributed by atoms with E-state index in [-0.39, 0.29) is 0 Å². The summed E-state index contributed by atoms with van der Waals surface area (Å²) in [5, 5.41) is 30.3. The number of ether oxygens (including phenoxy) is 1. The third kappa shape index (κ3) is 2.23. The molecule has 1 aliphatic heterocycles. The van der Waals surface area contributed by atoms with E-state index >= 15 is 0 Å². The highest BCUT2D eigenvalue weighted by Crippen LogP contribution is 2.37. The largest absolute Gasteiger partial charge is 0.463 e. The first kappa shape index (κ1) is 15.6. The van der Waals surface area contributed by atoms with E-state index in [1.807, 2.05) is 0 Å². The lowest BCUT2D eigenvalue weighted by Crippen LogP contribution is -2.33. The lowest BCUT2D eigenvalue weighted by molar-refractivity contribution is -0.0508. The molecule has 9 heteroatoms. The molecule has 4 heterocycles. The van der Waals surface area contributed by atoms with Gasteiger partial charge >= 0.3 is 0 Å². The molecule has 3 aromatic heterocycles. The van der Waals surface area contributed by atoms with E-state index in [1.165, 1.54) is 17.2 Å². The van der Waals surface area contributed by atoms with Gasteiger partial charge in [-0.25, -0.2) is 9.97 Å². The van der Waals surface area contributed by atoms with Gasteiger partial charge in [0.15, 0.2) is 12.0 Å². The molecule has 1 saturated heterocycles. The number of furan rings is 1. The van der Waals surface area contributed by atoms with Gasteiger partial charge < -0.3 is 29.0 Å². The van der Waals surface area contributed by atoms with Crippen LogP contribution in [-0.4, -0.2) is 54.8 Å². The molecule has 0 amide bonds. The SMILES string of the molecule is OCC1O[C@@H](n2cc(Cl)c3c(-c4ccco4)ncnc32)[C@@H](O)[C@H]1O. The maximum Gasteiger partial charge on any atom is 0.164 e. The van der Waals surface area contributed by atoms with Gasteiger partial charge in [-0.05, 0) is 12.1 Å². The van der Waals surface area contributed by atoms with Crippen LogP contribution in [0, 0.1) is 0 Å². The van der Waals surface area contributed by atoms with Crippen molar-refractivity contribution in [2.45, 2.75) is 24.5 Å². The monoisotopic (exact) mass is 351 g/mol. The average Bonchev–Trinajstić information content (AvgIpc) is 3.29. The Kier molecular flexibility index (Phi) is 3.78. The first-order valence-electron chi connectivity index (χ1n) is 7.29. The number of rotatable bonds is 3. The lowest BCUT2D eigenvalue weighted by atomic mass is 10.1. The van der Waals surface area contributed by atoms with E-state index in [9.17, 15) is 15.3 Å². The van der Waals surface area contributed by atoms with Crippen molar-refractivity contribution in [3.8, 4) is 11.5 Å². The molecular formula is C15H14ClN3O5. The minimum atomic E-state index is -1.23. The van der Waals surface area contributed by atoms with E-state index in [4.69, 9.17) is 20.8 Å². The normalized spacial score (nSPS) is 27.2. The number of nitrogens with zero attached hydrogens (tertiary/aromatic N) is 3. The molecule has 0 bridgehead atoms. The fraction of sp³-hybridized carbons (Fsp3) is 0.333. The summed E-state index contributed by atoms with van der Waals surface area (Å²) in [7, 11) is 0. The third-order valence-electron chi connectivity index (χ3n) is 4.11. The van der Waals surface area contributed by atoms with E-state index in [1.54, 1.807) is 18.3 Å². The molecule has 8 nitrogen and oxygen atoms in total. The molecule has 24 heavy (non-hydrogen) atoms. The van der Waals surface area contributed by atoms with Crippen molar-refractivity contribution in [3.63, 3.8) is 0 Å². The zero-order valence-corrected chi connectivity index (χ0v) is 13.0. The zero-order valence-electron chi connectivity index (χ0n) is 12.3. The molecule has 3 aromatic rings. The Balaban J connectivity index is 1.86. The van der Waals surface area contributed by atoms with E-state index in [2.05, 4.69) is 9.97 Å². The minimum Gasteiger partial charge on any atom is -0.463 e. The Morgan fingerprint density at radius 1 is 1.25 bits per heavy atom. The van der Waals surface area contributed by atoms with Gasteiger partial charge in [0, 0.05) is 6.20 Å². The predicted octanol–water partition coefficient (Wildman–Crippen LogP) is 0.956. The van der Waals surface area contributed by atoms with Crippen molar-refractivity contribution in [2.24, 2.45) is 0 Å². The summed E-state index contributed by atoms with van der Waals surface area (Å²) in [5.41, 5.74) is 0.941. The van der Waals surface area contributed by atoms with Crippen LogP contribution in [0.2, 0.25) is 5.02 Å². The van der Waals surface area contributed by atoms with Crippen molar-refractivity contribution < 1.29 is 24.5 Å². The Hall–Kier alpha value is -1.97. The number of aliphatic hydroxyl groups excluding tert-OH is 3. The van der Waals surface area contributed by atoms with Crippen LogP contribution in [0.1, 0.15) is 6.23 Å². The van der Waals surface area contributed by atoms with E-state index in [0.29, 0.717) is 27.5 Å². The van der Waals surface area contributed by atoms with Crippen molar-refractivity contribution in [3.05, 3.63) is 35.9 Å². The van der Waals surface area contributed by atoms with Gasteiger partial charge in [0.2, 0.25) is 0 Å². The number of fused-ring (bicyclic) bond motifs is 1. The summed E-state index contributed by atoms with van der Waals surface area (Å²) in [4.78, 5) is 8.44. The zero-order chi connectivity index (χ0) is 16.8. The van der Waals surface area contributed by atoms with Gasteiger partial charge in [0.25, 0.3) is 0 Å². The van der Waals surface area contributed by atoms with Crippen molar-refractivity contribution in [2.75, 3.05) is 6.61 Å². The van der Waals surface area contributed by atoms with Crippen LogP contribution in [0.5, 0.6) is 0 Å². The first-order chi connectivity index (χ1) is 11.6. The first-order valence-corrected chi connectivity index (χ1v) is 7.67. The van der Waals surface area contributed by atoms with Crippen LogP contribution >= 0.6 is 11.6 Å². The van der Waals surface area contributed by atoms with Gasteiger partial charge in [0.05, 0.1) is 23.3 Å². The average molecular weight is 352 g/mol. The van der Waals surface area contributed by atoms with Gasteiger partial charge in [-0.3, -0.25) is 0 Å². The van der Waals surface area contributed by atoms with Crippen LogP contribution in [-0.2, 0) is 4.74 Å². The summed E-state index contributed by atoms with van der Waals surface area (Å²) in [5.74, 6) is 0.531. The molecule has 1 fully saturated rings. The molecular weight excluding hydrogens is 338 g/mol. The van der Waals surface area contributed by atoms with Crippen LogP contribution in [0.25, 0.3) is 22.5 Å². The number of hydrogen-bond donors (Lipinski definition) is 3. The Morgan fingerprint density at radius 3 is 2.75 bits per heavy atom. The number of aliphatic hydroxyl groups is 3. The number of hydrogen-bond acceptors (Lipinski definition) is 7. The molecule has 4 atom stereocenters. The summed E-state index contributed by atoms with van der Waals surface area (Å²) >= 11 is 6.34. The van der Waals surface area contributed by atoms with Crippen LogP contribution in [0.3, 0.4) is 0 Å². The molecule has 1 unspecified atom stereocenters. The van der Waals surface area contributed by atoms with Gasteiger partial charge in [0.1, 0.15) is 36.0 Å². The number of aromatic nitrogens is 3. The van der Waals surface area contributed by atoms with Gasteiger partial charge in [-0.2, -0.15) is 0 Å². The molecule has 126 valence electrons. The Labute approximate surface area is 140 Å². The third-order valence-corrected chi connectivity index (χ3v) is 4.40. The van der Waals surface area contributed by atoms with Crippen LogP contribution < -0.4 is 0 Å². The standard InChI is InChI=1S/C15H14ClN3O5/c16-7-4-19(15-13(22)12(21)9(5-20)24-15)14-10(7)11(17-6-18-14)8-2-1-3-23-8/h1-4,6,9,12-13,15,20-22H,5H2/t9?,12-,13-,15+/m0/s1. The molecule has 0 saturated carbocycles. The highest BCUT2D eigenvalue weighted by atomic mass is 35.5. The molecule has 3 N–H and O–H groups in total. The lowest BCUT2D eigenvalue weighted by Gasteiger charge is -2.17. The predicted molar refractivity (Wildman–Crippen MR) is 83.2 cm³/mol. The minimum absolute atomic E-state index is 0.356. The second-order valence-corrected chi connectivity index (χ2v) is 5.92. The molecule has 0 spiro atoms. The fourth-order valence-electron chi connectivity index (χ4n) is 2.94. The summed E-state index contributed by atoms with van der Waals surface area (Å²) in [6.45, 7) is -0.408. The fourth-order valence-corrected chi connectivity index (χ4v) is 3.22. The molecule has 1 aliphatic rings. The maximum absolute atomic E-state index is 10.2. The highest BCUT2D eigenvalue weighted by Gasteiger charge is 2.44. The van der Waals surface area contributed by atoms with Crippen molar-refractivity contribution in [1.29, 1.82) is 0 Å². The molecule has 0 radical (unpaired) electrons. The highest BCUT2D eigenvalue weighted by molar-refractivity contribution is 6.36. The quantitative estimate of drug-likeness (QED) is 0.643. The molecule has 0 aliphatic carbocycles. The van der Waals surface area contributed by atoms with Crippen LogP contribution in [0.15, 0.2) is 35.3 Å². The molecule has 0 aromatic carbocycles. The van der Waals surface area contributed by atoms with Crippen molar-refractivity contribution in [1.82, 2.24) is 14.5 Å². The Bertz CT molecular complexity index is 866. The summed E-state index contributed by atoms with van der Waals surface area (Å²) in [6, 6.07) is 3.49. The summed E-state index contributed by atoms with van der Waals surface area (Å²) in [6.07, 6.45) is 0.194. The van der Waals surface area contributed by atoms with Gasteiger partial charge in [-0.15, -0.1) is 0 Å². The number of halogens is 1. The van der Waals surface area contributed by atoms with Gasteiger partial charge in [-0.1, -0.05) is 11.6 Å².